The summed E-state index contributed by atoms with van der Waals surface area (Å²) in [6.45, 7) is 4.31. The van der Waals surface area contributed by atoms with Crippen LogP contribution in [0.2, 0.25) is 0 Å². The number of nitrogens with one attached hydrogen (secondary N) is 2. The van der Waals surface area contributed by atoms with Crippen LogP contribution in [0.15, 0.2) is 43.0 Å². The Morgan fingerprint density at radius 2 is 2.04 bits per heavy atom. The first-order chi connectivity index (χ1) is 13.2. The zero-order chi connectivity index (χ0) is 18.6. The van der Waals surface area contributed by atoms with Gasteiger partial charge in [-0.3, -0.25) is 4.79 Å². The Morgan fingerprint density at radius 3 is 2.74 bits per heavy atom. The Morgan fingerprint density at radius 1 is 1.26 bits per heavy atom. The van der Waals surface area contributed by atoms with Crippen molar-refractivity contribution in [3.05, 3.63) is 59.9 Å². The fourth-order valence-electron chi connectivity index (χ4n) is 3.41. The highest BCUT2D eigenvalue weighted by Crippen LogP contribution is 2.20. The summed E-state index contributed by atoms with van der Waals surface area (Å²) in [5.41, 5.74) is 3.29. The van der Waals surface area contributed by atoms with Crippen molar-refractivity contribution in [3.63, 3.8) is 0 Å². The Kier molecular flexibility index (Phi) is 4.97. The largest absolute Gasteiger partial charge is 0.347 e. The van der Waals surface area contributed by atoms with Crippen LogP contribution in [0.25, 0.3) is 5.69 Å². The average molecular weight is 365 g/mol. The van der Waals surface area contributed by atoms with Gasteiger partial charge in [-0.2, -0.15) is 0 Å². The van der Waals surface area contributed by atoms with Crippen molar-refractivity contribution in [2.45, 2.75) is 32.4 Å². The molecule has 0 saturated carbocycles. The molecule has 1 fully saturated rings. The Hall–Kier alpha value is -3.00. The van der Waals surface area contributed by atoms with Gasteiger partial charge in [-0.25, -0.2) is 9.67 Å². The lowest BCUT2D eigenvalue weighted by molar-refractivity contribution is 0.0945. The van der Waals surface area contributed by atoms with E-state index in [0.29, 0.717) is 18.3 Å². The summed E-state index contributed by atoms with van der Waals surface area (Å²) in [6.07, 6.45) is 7.41. The maximum absolute atomic E-state index is 12.5. The van der Waals surface area contributed by atoms with Crippen LogP contribution >= 0.6 is 0 Å². The minimum atomic E-state index is -0.189. The maximum Gasteiger partial charge on any atom is 0.274 e. The van der Waals surface area contributed by atoms with E-state index < -0.39 is 0 Å². The molecule has 0 unspecified atom stereocenters. The summed E-state index contributed by atoms with van der Waals surface area (Å²) in [4.78, 5) is 16.6. The van der Waals surface area contributed by atoms with Gasteiger partial charge >= 0.3 is 0 Å². The van der Waals surface area contributed by atoms with E-state index in [4.69, 9.17) is 0 Å². The van der Waals surface area contributed by atoms with E-state index in [-0.39, 0.29) is 5.91 Å². The van der Waals surface area contributed by atoms with E-state index in [2.05, 4.69) is 25.9 Å². The molecular formula is C19H23N7O. The Balaban J connectivity index is 1.39. The van der Waals surface area contributed by atoms with Crippen molar-refractivity contribution in [1.82, 2.24) is 35.2 Å². The molecule has 0 radical (unpaired) electrons. The van der Waals surface area contributed by atoms with E-state index in [1.807, 2.05) is 46.6 Å². The van der Waals surface area contributed by atoms with Crippen LogP contribution in [-0.2, 0) is 6.54 Å². The molecule has 27 heavy (non-hydrogen) atoms. The number of piperidine rings is 1. The van der Waals surface area contributed by atoms with Gasteiger partial charge in [-0.15, -0.1) is 5.10 Å². The topological polar surface area (TPSA) is 89.7 Å². The van der Waals surface area contributed by atoms with Gasteiger partial charge in [-0.05, 0) is 50.6 Å². The first-order valence-corrected chi connectivity index (χ1v) is 9.20. The second-order valence-corrected chi connectivity index (χ2v) is 6.77. The molecule has 1 saturated heterocycles. The number of rotatable bonds is 5. The monoisotopic (exact) mass is 365 g/mol. The highest BCUT2D eigenvalue weighted by molar-refractivity contribution is 5.93. The van der Waals surface area contributed by atoms with Crippen molar-refractivity contribution < 1.29 is 4.79 Å². The molecule has 4 rings (SSSR count). The van der Waals surface area contributed by atoms with Crippen LogP contribution in [0.1, 0.15) is 40.6 Å². The third-order valence-electron chi connectivity index (χ3n) is 4.99. The molecule has 1 aliphatic rings. The first-order valence-electron chi connectivity index (χ1n) is 9.20. The molecule has 3 heterocycles. The molecule has 0 spiro atoms. The molecule has 2 N–H and O–H groups in total. The van der Waals surface area contributed by atoms with Gasteiger partial charge in [0, 0.05) is 24.6 Å². The van der Waals surface area contributed by atoms with Crippen LogP contribution in [0, 0.1) is 6.92 Å². The molecule has 3 aromatic rings. The number of hydrogen-bond acceptors (Lipinski definition) is 5. The summed E-state index contributed by atoms with van der Waals surface area (Å²) >= 11 is 0. The van der Waals surface area contributed by atoms with E-state index >= 15 is 0 Å². The molecule has 8 nitrogen and oxygen atoms in total. The summed E-state index contributed by atoms with van der Waals surface area (Å²) < 4.78 is 3.83. The van der Waals surface area contributed by atoms with Crippen LogP contribution < -0.4 is 10.6 Å². The smallest absolute Gasteiger partial charge is 0.274 e. The van der Waals surface area contributed by atoms with Crippen molar-refractivity contribution in [3.8, 4) is 5.69 Å². The normalized spacial score (nSPS) is 15.0. The number of carbonyl (C=O) groups excluding carboxylic acids is 1. The predicted molar refractivity (Wildman–Crippen MR) is 101 cm³/mol. The highest BCUT2D eigenvalue weighted by Gasteiger charge is 2.22. The van der Waals surface area contributed by atoms with Crippen molar-refractivity contribution in [1.29, 1.82) is 0 Å². The molecule has 0 bridgehead atoms. The van der Waals surface area contributed by atoms with Gasteiger partial charge in [0.25, 0.3) is 5.91 Å². The van der Waals surface area contributed by atoms with E-state index in [0.717, 1.165) is 42.9 Å². The molecule has 0 aliphatic carbocycles. The van der Waals surface area contributed by atoms with Crippen molar-refractivity contribution in [2.24, 2.45) is 0 Å². The lowest BCUT2D eigenvalue weighted by Gasteiger charge is -2.23. The van der Waals surface area contributed by atoms with Crippen LogP contribution in [0.5, 0.6) is 0 Å². The Labute approximate surface area is 157 Å². The standard InChI is InChI=1S/C19H23N7O/c1-14-18(23-24-26(14)17-6-8-20-9-7-17)19(27)22-12-15-2-4-16(5-3-15)25-11-10-21-13-25/h2-5,10-11,13,17,20H,6-9,12H2,1H3,(H,22,27). The molecule has 0 atom stereocenters. The molecular weight excluding hydrogens is 342 g/mol. The van der Waals surface area contributed by atoms with E-state index in [9.17, 15) is 4.79 Å². The lowest BCUT2D eigenvalue weighted by Crippen LogP contribution is -2.30. The molecule has 1 amide bonds. The van der Waals surface area contributed by atoms with E-state index in [1.165, 1.54) is 0 Å². The quantitative estimate of drug-likeness (QED) is 0.717. The second kappa shape index (κ2) is 7.71. The van der Waals surface area contributed by atoms with Gasteiger partial charge in [0.1, 0.15) is 0 Å². The van der Waals surface area contributed by atoms with Crippen molar-refractivity contribution in [2.75, 3.05) is 13.1 Å². The van der Waals surface area contributed by atoms with Crippen LogP contribution in [0.4, 0.5) is 0 Å². The molecule has 8 heteroatoms. The number of benzene rings is 1. The molecule has 140 valence electrons. The van der Waals surface area contributed by atoms with E-state index in [1.54, 1.807) is 12.5 Å². The predicted octanol–water partition coefficient (Wildman–Crippen LogP) is 1.63. The fraction of sp³-hybridized carbons (Fsp3) is 0.368. The average Bonchev–Trinajstić information content (AvgIpc) is 3.37. The Bertz CT molecular complexity index is 893. The lowest BCUT2D eigenvalue weighted by atomic mass is 10.1. The number of amides is 1. The fourth-order valence-corrected chi connectivity index (χ4v) is 3.41. The van der Waals surface area contributed by atoms with Gasteiger partial charge < -0.3 is 15.2 Å². The van der Waals surface area contributed by atoms with Crippen LogP contribution in [-0.4, -0.2) is 43.5 Å². The summed E-state index contributed by atoms with van der Waals surface area (Å²) in [6, 6.07) is 8.31. The number of aromatic nitrogens is 5. The van der Waals surface area contributed by atoms with Gasteiger partial charge in [0.15, 0.2) is 5.69 Å². The summed E-state index contributed by atoms with van der Waals surface area (Å²) in [7, 11) is 0. The van der Waals surface area contributed by atoms with Gasteiger partial charge in [0.05, 0.1) is 18.1 Å². The van der Waals surface area contributed by atoms with Gasteiger partial charge in [-0.1, -0.05) is 17.3 Å². The minimum absolute atomic E-state index is 0.189. The van der Waals surface area contributed by atoms with Crippen molar-refractivity contribution >= 4 is 5.91 Å². The molecule has 1 aliphatic heterocycles. The first kappa shape index (κ1) is 17.4. The highest BCUT2D eigenvalue weighted by atomic mass is 16.2. The molecule has 1 aromatic carbocycles. The second-order valence-electron chi connectivity index (χ2n) is 6.77. The number of carbonyl (C=O) groups is 1. The summed E-state index contributed by atoms with van der Waals surface area (Å²) in [5.74, 6) is -0.189. The third kappa shape index (κ3) is 3.75. The number of nitrogens with zero attached hydrogens (tertiary/aromatic N) is 5. The van der Waals surface area contributed by atoms with Crippen LogP contribution in [0.3, 0.4) is 0 Å². The number of imidazole rings is 1. The zero-order valence-corrected chi connectivity index (χ0v) is 15.3. The zero-order valence-electron chi connectivity index (χ0n) is 15.3. The summed E-state index contributed by atoms with van der Waals surface area (Å²) in [5, 5.41) is 14.6. The SMILES string of the molecule is Cc1c(C(=O)NCc2ccc(-n3ccnc3)cc2)nnn1C1CCNCC1. The maximum atomic E-state index is 12.5. The number of hydrogen-bond donors (Lipinski definition) is 2. The van der Waals surface area contributed by atoms with Gasteiger partial charge in [0.2, 0.25) is 0 Å². The molecule has 2 aromatic heterocycles. The minimum Gasteiger partial charge on any atom is -0.347 e. The third-order valence-corrected chi connectivity index (χ3v) is 4.99.